The molecule has 1 aromatic heterocycles. The molecule has 0 N–H and O–H groups in total. The highest BCUT2D eigenvalue weighted by Gasteiger charge is 2.30. The second-order valence-electron chi connectivity index (χ2n) is 6.75. The molecule has 1 aliphatic rings. The third kappa shape index (κ3) is 4.25. The molecule has 0 saturated carbocycles. The fourth-order valence-corrected chi connectivity index (χ4v) is 3.21. The number of nitrogens with zero attached hydrogens (tertiary/aromatic N) is 5. The minimum atomic E-state index is -0.415. The van der Waals surface area contributed by atoms with E-state index in [9.17, 15) is 9.18 Å². The van der Waals surface area contributed by atoms with Crippen molar-refractivity contribution in [3.05, 3.63) is 47.4 Å². The van der Waals surface area contributed by atoms with Gasteiger partial charge >= 0.3 is 0 Å². The van der Waals surface area contributed by atoms with Crippen molar-refractivity contribution < 1.29 is 13.7 Å². The number of rotatable bonds is 5. The fourth-order valence-electron chi connectivity index (χ4n) is 3.21. The lowest BCUT2D eigenvalue weighted by atomic mass is 10.0. The molecule has 2 aromatic rings. The molecule has 1 saturated heterocycles. The van der Waals surface area contributed by atoms with Crippen LogP contribution < -0.4 is 0 Å². The van der Waals surface area contributed by atoms with Gasteiger partial charge in [0.15, 0.2) is 5.82 Å². The molecule has 2 heterocycles. The van der Waals surface area contributed by atoms with Crippen LogP contribution in [0.5, 0.6) is 0 Å². The highest BCUT2D eigenvalue weighted by Crippen LogP contribution is 2.22. The zero-order valence-electron chi connectivity index (χ0n) is 15.4. The summed E-state index contributed by atoms with van der Waals surface area (Å²) in [7, 11) is 3.72. The lowest BCUT2D eigenvalue weighted by Gasteiger charge is -2.37. The molecule has 7 nitrogen and oxygen atoms in total. The number of hydrogen-bond acceptors (Lipinski definition) is 6. The zero-order chi connectivity index (χ0) is 18.7. The van der Waals surface area contributed by atoms with Gasteiger partial charge in [-0.15, -0.1) is 0 Å². The molecule has 1 atom stereocenters. The highest BCUT2D eigenvalue weighted by molar-refractivity contribution is 5.83. The van der Waals surface area contributed by atoms with E-state index >= 15 is 0 Å². The molecule has 26 heavy (non-hydrogen) atoms. The van der Waals surface area contributed by atoms with Crippen molar-refractivity contribution in [1.82, 2.24) is 24.8 Å². The van der Waals surface area contributed by atoms with Crippen molar-refractivity contribution in [3.8, 4) is 0 Å². The standard InChI is InChI=1S/C18H24FN5O2/c1-13-20-16(21-26-13)12-23-8-10-24(11-9-23)18(25)17(22(2)3)14-4-6-15(19)7-5-14/h4-7,17H,8-12H2,1-3H3/t17-/m0/s1. The van der Waals surface area contributed by atoms with E-state index in [0.717, 1.165) is 18.7 Å². The quantitative estimate of drug-likeness (QED) is 0.803. The van der Waals surface area contributed by atoms with Gasteiger partial charge in [0.05, 0.1) is 6.54 Å². The Labute approximate surface area is 152 Å². The zero-order valence-corrected chi connectivity index (χ0v) is 15.4. The molecule has 1 amide bonds. The number of hydrogen-bond donors (Lipinski definition) is 0. The van der Waals surface area contributed by atoms with E-state index in [-0.39, 0.29) is 11.7 Å². The van der Waals surface area contributed by atoms with E-state index in [4.69, 9.17) is 4.52 Å². The normalized spacial score (nSPS) is 16.9. The molecule has 0 radical (unpaired) electrons. The van der Waals surface area contributed by atoms with Gasteiger partial charge in [-0.25, -0.2) is 4.39 Å². The van der Waals surface area contributed by atoms with Crippen LogP contribution in [0.15, 0.2) is 28.8 Å². The summed E-state index contributed by atoms with van der Waals surface area (Å²) < 4.78 is 18.2. The van der Waals surface area contributed by atoms with Crippen molar-refractivity contribution >= 4 is 5.91 Å². The van der Waals surface area contributed by atoms with Gasteiger partial charge in [0, 0.05) is 33.1 Å². The van der Waals surface area contributed by atoms with Gasteiger partial charge in [0.25, 0.3) is 0 Å². The number of aryl methyl sites for hydroxylation is 1. The molecule has 0 spiro atoms. The first-order valence-corrected chi connectivity index (χ1v) is 8.66. The monoisotopic (exact) mass is 361 g/mol. The van der Waals surface area contributed by atoms with Crippen molar-refractivity contribution in [2.45, 2.75) is 19.5 Å². The molecule has 0 aliphatic carbocycles. The predicted octanol–water partition coefficient (Wildman–Crippen LogP) is 1.46. The molecule has 1 aliphatic heterocycles. The average Bonchev–Trinajstić information content (AvgIpc) is 3.02. The minimum absolute atomic E-state index is 0.0386. The maximum absolute atomic E-state index is 13.2. The van der Waals surface area contributed by atoms with Crippen LogP contribution in [0.4, 0.5) is 4.39 Å². The van der Waals surface area contributed by atoms with Crippen LogP contribution in [-0.2, 0) is 11.3 Å². The Bertz CT molecular complexity index is 738. The number of aromatic nitrogens is 2. The van der Waals surface area contributed by atoms with Crippen molar-refractivity contribution in [1.29, 1.82) is 0 Å². The Hall–Kier alpha value is -2.32. The molecule has 0 unspecified atom stereocenters. The number of amides is 1. The van der Waals surface area contributed by atoms with Crippen LogP contribution in [0.1, 0.15) is 23.3 Å². The topological polar surface area (TPSA) is 65.7 Å². The van der Waals surface area contributed by atoms with Gasteiger partial charge in [0.2, 0.25) is 11.8 Å². The number of likely N-dealkylation sites (N-methyl/N-ethyl adjacent to an activating group) is 1. The molecule has 3 rings (SSSR count). The second kappa shape index (κ2) is 7.92. The molecular weight excluding hydrogens is 337 g/mol. The number of benzene rings is 1. The van der Waals surface area contributed by atoms with Gasteiger partial charge in [-0.2, -0.15) is 4.98 Å². The van der Waals surface area contributed by atoms with E-state index in [0.29, 0.717) is 31.3 Å². The lowest BCUT2D eigenvalue weighted by Crippen LogP contribution is -2.51. The SMILES string of the molecule is Cc1nc(CN2CCN(C(=O)[C@H](c3ccc(F)cc3)N(C)C)CC2)no1. The lowest BCUT2D eigenvalue weighted by molar-refractivity contribution is -0.138. The van der Waals surface area contributed by atoms with E-state index < -0.39 is 6.04 Å². The van der Waals surface area contributed by atoms with Gasteiger partial charge in [-0.1, -0.05) is 17.3 Å². The Morgan fingerprint density at radius 3 is 2.42 bits per heavy atom. The summed E-state index contributed by atoms with van der Waals surface area (Å²) in [6.07, 6.45) is 0. The molecule has 140 valence electrons. The van der Waals surface area contributed by atoms with Crippen LogP contribution in [0.25, 0.3) is 0 Å². The van der Waals surface area contributed by atoms with Gasteiger partial charge in [-0.05, 0) is 31.8 Å². The average molecular weight is 361 g/mol. The maximum atomic E-state index is 13.2. The van der Waals surface area contributed by atoms with Crippen LogP contribution in [0.3, 0.4) is 0 Å². The molecular formula is C18H24FN5O2. The Balaban J connectivity index is 1.61. The fraction of sp³-hybridized carbons (Fsp3) is 0.500. The highest BCUT2D eigenvalue weighted by atomic mass is 19.1. The maximum Gasteiger partial charge on any atom is 0.244 e. The number of carbonyl (C=O) groups excluding carboxylic acids is 1. The first-order chi connectivity index (χ1) is 12.4. The number of piperazine rings is 1. The second-order valence-corrected chi connectivity index (χ2v) is 6.75. The first kappa shape index (κ1) is 18.5. The van der Waals surface area contributed by atoms with Gasteiger partial charge < -0.3 is 9.42 Å². The summed E-state index contributed by atoms with van der Waals surface area (Å²) >= 11 is 0. The molecule has 1 fully saturated rings. The van der Waals surface area contributed by atoms with Crippen LogP contribution >= 0.6 is 0 Å². The summed E-state index contributed by atoms with van der Waals surface area (Å²) in [5, 5.41) is 3.92. The minimum Gasteiger partial charge on any atom is -0.340 e. The Kier molecular flexibility index (Phi) is 5.63. The van der Waals surface area contributed by atoms with Crippen molar-refractivity contribution in [2.75, 3.05) is 40.3 Å². The third-order valence-corrected chi connectivity index (χ3v) is 4.55. The first-order valence-electron chi connectivity index (χ1n) is 8.66. The Morgan fingerprint density at radius 1 is 1.23 bits per heavy atom. The summed E-state index contributed by atoms with van der Waals surface area (Å²) in [6.45, 7) is 5.17. The third-order valence-electron chi connectivity index (χ3n) is 4.55. The number of halogens is 1. The van der Waals surface area contributed by atoms with E-state index in [1.54, 1.807) is 19.1 Å². The van der Waals surface area contributed by atoms with Crippen LogP contribution in [0.2, 0.25) is 0 Å². The molecule has 0 bridgehead atoms. The molecule has 8 heteroatoms. The summed E-state index contributed by atoms with van der Waals surface area (Å²) in [5.74, 6) is 0.961. The van der Waals surface area contributed by atoms with Crippen LogP contribution in [0, 0.1) is 12.7 Å². The van der Waals surface area contributed by atoms with Crippen LogP contribution in [-0.4, -0.2) is 71.0 Å². The number of carbonyl (C=O) groups is 1. The van der Waals surface area contributed by atoms with Gasteiger partial charge in [0.1, 0.15) is 11.9 Å². The summed E-state index contributed by atoms with van der Waals surface area (Å²) in [5.41, 5.74) is 0.797. The largest absolute Gasteiger partial charge is 0.340 e. The predicted molar refractivity (Wildman–Crippen MR) is 93.7 cm³/mol. The van der Waals surface area contributed by atoms with E-state index in [2.05, 4.69) is 15.0 Å². The van der Waals surface area contributed by atoms with E-state index in [1.165, 1.54) is 12.1 Å². The smallest absolute Gasteiger partial charge is 0.244 e. The van der Waals surface area contributed by atoms with Gasteiger partial charge in [-0.3, -0.25) is 14.6 Å². The molecule has 1 aromatic carbocycles. The summed E-state index contributed by atoms with van der Waals surface area (Å²) in [4.78, 5) is 23.2. The Morgan fingerprint density at radius 2 is 1.88 bits per heavy atom. The van der Waals surface area contributed by atoms with Crippen molar-refractivity contribution in [3.63, 3.8) is 0 Å². The van der Waals surface area contributed by atoms with E-state index in [1.807, 2.05) is 23.9 Å². The van der Waals surface area contributed by atoms with Crippen molar-refractivity contribution in [2.24, 2.45) is 0 Å². The summed E-state index contributed by atoms with van der Waals surface area (Å²) in [6, 6.07) is 5.72.